The molecule has 0 fully saturated rings. The molecule has 0 saturated heterocycles. The Kier molecular flexibility index (Phi) is 9.26. The van der Waals surface area contributed by atoms with Crippen molar-refractivity contribution < 1.29 is 54.6 Å². The van der Waals surface area contributed by atoms with Gasteiger partial charge in [-0.15, -0.1) is 0 Å². The van der Waals surface area contributed by atoms with Crippen LogP contribution in [0.25, 0.3) is 22.3 Å². The van der Waals surface area contributed by atoms with Gasteiger partial charge in [0, 0.05) is 0 Å². The van der Waals surface area contributed by atoms with E-state index in [0.717, 1.165) is 19.1 Å². The molecule has 0 spiro atoms. The normalized spacial score (nSPS) is 11.8. The molecule has 0 unspecified atom stereocenters. The number of carbonyl (C=O) groups is 5. The molecule has 0 amide bonds. The number of hydrogen-bond acceptors (Lipinski definition) is 11. The Morgan fingerprint density at radius 2 is 0.804 bits per heavy atom. The topological polar surface area (TPSA) is 256 Å². The molecule has 6 N–H and O–H groups in total. The van der Waals surface area contributed by atoms with Gasteiger partial charge < -0.3 is 30.6 Å². The van der Waals surface area contributed by atoms with Crippen molar-refractivity contribution in [2.24, 2.45) is 20.5 Å². The first-order chi connectivity index (χ1) is 21.8. The minimum absolute atomic E-state index is 0.180. The summed E-state index contributed by atoms with van der Waals surface area (Å²) in [5.74, 6) is -7.19. The van der Waals surface area contributed by atoms with Gasteiger partial charge in [0.1, 0.15) is 22.6 Å². The maximum atomic E-state index is 12.3. The number of ketones is 1. The average molecular weight is 627 g/mol. The van der Waals surface area contributed by atoms with Gasteiger partial charge in [0.25, 0.3) is 0 Å². The van der Waals surface area contributed by atoms with Crippen LogP contribution in [0.3, 0.4) is 0 Å². The third kappa shape index (κ3) is 7.05. The number of Topliss-reactive ketones (excluding diaryl/α,β-unsaturated/α-hetero) is 1. The highest BCUT2D eigenvalue weighted by molar-refractivity contribution is 5.97. The van der Waals surface area contributed by atoms with Crippen LogP contribution in [0.15, 0.2) is 93.3 Å². The van der Waals surface area contributed by atoms with Crippen molar-refractivity contribution in [2.75, 3.05) is 0 Å². The molecule has 15 heteroatoms. The number of benzene rings is 4. The van der Waals surface area contributed by atoms with Crippen LogP contribution in [0.5, 0.6) is 11.5 Å². The number of rotatable bonds is 11. The summed E-state index contributed by atoms with van der Waals surface area (Å²) in [6, 6.07) is 15.2. The van der Waals surface area contributed by atoms with Gasteiger partial charge in [0.2, 0.25) is 6.17 Å². The lowest BCUT2D eigenvalue weighted by molar-refractivity contribution is -0.118. The third-order valence-electron chi connectivity index (χ3n) is 6.49. The van der Waals surface area contributed by atoms with Crippen molar-refractivity contribution in [3.8, 4) is 33.8 Å². The van der Waals surface area contributed by atoms with Crippen molar-refractivity contribution in [1.82, 2.24) is 0 Å². The first-order valence-electron chi connectivity index (χ1n) is 13.0. The maximum Gasteiger partial charge on any atom is 0.339 e. The van der Waals surface area contributed by atoms with Gasteiger partial charge in [-0.1, -0.05) is 24.3 Å². The molecule has 46 heavy (non-hydrogen) atoms. The highest BCUT2D eigenvalue weighted by Crippen LogP contribution is 2.32. The van der Waals surface area contributed by atoms with E-state index in [0.29, 0.717) is 11.1 Å². The van der Waals surface area contributed by atoms with E-state index < -0.39 is 47.3 Å². The van der Waals surface area contributed by atoms with E-state index in [9.17, 15) is 54.6 Å². The van der Waals surface area contributed by atoms with Gasteiger partial charge >= 0.3 is 23.9 Å². The summed E-state index contributed by atoms with van der Waals surface area (Å²) in [7, 11) is 0. The fourth-order valence-corrected chi connectivity index (χ4v) is 4.14. The van der Waals surface area contributed by atoms with Gasteiger partial charge in [-0.2, -0.15) is 20.5 Å². The standard InChI is InChI=1S/C31H22N4O11/c1-14(36)27(34-32-23-6-2-15(10-19(23)28(39)40)17-4-8-25(37)21(12-17)30(43)44)35-33-24-7-3-16(11-20(24)29(41)42)18-5-9-26(38)22(13-18)31(45)46/h2-13,27,37-38H,1H3,(H,39,40)(H,41,42)(H,43,44)(H,45,46). The summed E-state index contributed by atoms with van der Waals surface area (Å²) >= 11 is 0. The zero-order valence-corrected chi connectivity index (χ0v) is 23.5. The number of carboxylic acid groups (broad SMARTS) is 4. The Morgan fingerprint density at radius 1 is 0.500 bits per heavy atom. The van der Waals surface area contributed by atoms with Gasteiger partial charge in [-0.25, -0.2) is 19.2 Å². The van der Waals surface area contributed by atoms with Crippen molar-refractivity contribution in [1.29, 1.82) is 0 Å². The van der Waals surface area contributed by atoms with E-state index in [1.165, 1.54) is 60.7 Å². The highest BCUT2D eigenvalue weighted by Gasteiger charge is 2.19. The van der Waals surface area contributed by atoms with Gasteiger partial charge in [-0.05, 0) is 77.7 Å². The predicted molar refractivity (Wildman–Crippen MR) is 158 cm³/mol. The molecule has 0 radical (unpaired) electrons. The van der Waals surface area contributed by atoms with Crippen LogP contribution >= 0.6 is 0 Å². The number of carboxylic acids is 4. The fraction of sp³-hybridized carbons (Fsp3) is 0.0645. The second kappa shape index (κ2) is 13.3. The molecular weight excluding hydrogens is 604 g/mol. The van der Waals surface area contributed by atoms with E-state index in [1.54, 1.807) is 0 Å². The number of hydrogen-bond donors (Lipinski definition) is 6. The smallest absolute Gasteiger partial charge is 0.339 e. The van der Waals surface area contributed by atoms with Gasteiger partial charge in [0.05, 0.1) is 22.5 Å². The van der Waals surface area contributed by atoms with Crippen LogP contribution in [0.2, 0.25) is 0 Å². The molecule has 0 aliphatic heterocycles. The maximum absolute atomic E-state index is 12.3. The highest BCUT2D eigenvalue weighted by atomic mass is 16.4. The minimum Gasteiger partial charge on any atom is -0.507 e. The number of aromatic hydroxyl groups is 2. The third-order valence-corrected chi connectivity index (χ3v) is 6.49. The Bertz CT molecular complexity index is 1850. The van der Waals surface area contributed by atoms with Crippen LogP contribution in [0.1, 0.15) is 48.4 Å². The molecule has 0 bridgehead atoms. The largest absolute Gasteiger partial charge is 0.507 e. The van der Waals surface area contributed by atoms with Gasteiger partial charge in [-0.3, -0.25) is 4.79 Å². The molecule has 0 heterocycles. The molecule has 4 aromatic rings. The summed E-state index contributed by atoms with van der Waals surface area (Å²) < 4.78 is 0. The van der Waals surface area contributed by atoms with Crippen LogP contribution < -0.4 is 0 Å². The molecular formula is C31H22N4O11. The van der Waals surface area contributed by atoms with Crippen molar-refractivity contribution in [3.63, 3.8) is 0 Å². The molecule has 15 nitrogen and oxygen atoms in total. The number of nitrogens with zero attached hydrogens (tertiary/aromatic N) is 4. The summed E-state index contributed by atoms with van der Waals surface area (Å²) in [5.41, 5.74) is -0.670. The van der Waals surface area contributed by atoms with E-state index in [2.05, 4.69) is 20.5 Å². The first kappa shape index (κ1) is 32.2. The summed E-state index contributed by atoms with van der Waals surface area (Å²) in [5, 5.41) is 72.8. The Hall–Kier alpha value is -6.77. The fourth-order valence-electron chi connectivity index (χ4n) is 4.14. The van der Waals surface area contributed by atoms with Crippen LogP contribution in [0.4, 0.5) is 11.4 Å². The second-order valence-corrected chi connectivity index (χ2v) is 9.56. The lowest BCUT2D eigenvalue weighted by Gasteiger charge is -2.09. The first-order valence-corrected chi connectivity index (χ1v) is 13.0. The number of phenols is 2. The molecule has 4 rings (SSSR count). The Morgan fingerprint density at radius 3 is 1.11 bits per heavy atom. The van der Waals surface area contributed by atoms with Crippen molar-refractivity contribution >= 4 is 41.0 Å². The van der Waals surface area contributed by atoms with Crippen LogP contribution in [-0.2, 0) is 4.79 Å². The lowest BCUT2D eigenvalue weighted by atomic mass is 9.99. The van der Waals surface area contributed by atoms with E-state index >= 15 is 0 Å². The monoisotopic (exact) mass is 626 g/mol. The van der Waals surface area contributed by atoms with E-state index in [4.69, 9.17) is 0 Å². The number of azo groups is 2. The lowest BCUT2D eigenvalue weighted by Crippen LogP contribution is -2.10. The van der Waals surface area contributed by atoms with Crippen LogP contribution in [-0.4, -0.2) is 66.5 Å². The van der Waals surface area contributed by atoms with Crippen molar-refractivity contribution in [3.05, 3.63) is 95.1 Å². The molecule has 232 valence electrons. The zero-order chi connectivity index (χ0) is 33.7. The number of carbonyl (C=O) groups excluding carboxylic acids is 1. The van der Waals surface area contributed by atoms with Crippen LogP contribution in [0, 0.1) is 0 Å². The number of aromatic carboxylic acids is 4. The van der Waals surface area contributed by atoms with E-state index in [-0.39, 0.29) is 44.8 Å². The molecule has 0 aliphatic rings. The summed E-state index contributed by atoms with van der Waals surface area (Å²) in [4.78, 5) is 59.0. The molecule has 4 aromatic carbocycles. The predicted octanol–water partition coefficient (Wildman–Crippen LogP) is 6.01. The molecule has 0 atom stereocenters. The van der Waals surface area contributed by atoms with E-state index in [1.807, 2.05) is 0 Å². The Labute approximate surface area is 258 Å². The summed E-state index contributed by atoms with van der Waals surface area (Å²) in [6.07, 6.45) is -1.59. The quantitative estimate of drug-likeness (QED) is 0.105. The minimum atomic E-state index is -1.59. The van der Waals surface area contributed by atoms with Crippen molar-refractivity contribution in [2.45, 2.75) is 13.1 Å². The van der Waals surface area contributed by atoms with Gasteiger partial charge in [0.15, 0.2) is 5.78 Å². The molecule has 0 aliphatic carbocycles. The molecule has 0 saturated carbocycles. The molecule has 0 aromatic heterocycles. The second-order valence-electron chi connectivity index (χ2n) is 9.56. The zero-order valence-electron chi connectivity index (χ0n) is 23.5. The summed E-state index contributed by atoms with van der Waals surface area (Å²) in [6.45, 7) is 1.11. The Balaban J connectivity index is 1.65. The SMILES string of the molecule is CC(=O)C(N=Nc1ccc(-c2ccc(O)c(C(=O)O)c2)cc1C(=O)O)N=Nc1ccc(-c2ccc(O)c(C(=O)O)c2)cc1C(=O)O. The average Bonchev–Trinajstić information content (AvgIpc) is 3.01.